The van der Waals surface area contributed by atoms with Gasteiger partial charge in [-0.3, -0.25) is 0 Å². The molecule has 0 amide bonds. The summed E-state index contributed by atoms with van der Waals surface area (Å²) in [7, 11) is 0. The molecule has 5 heteroatoms. The fourth-order valence-electron chi connectivity index (χ4n) is 4.50. The summed E-state index contributed by atoms with van der Waals surface area (Å²) >= 11 is 0. The minimum atomic E-state index is 0. The van der Waals surface area contributed by atoms with Crippen LogP contribution in [-0.4, -0.2) is 14.5 Å². The number of pyridine rings is 2. The van der Waals surface area contributed by atoms with Gasteiger partial charge in [-0.25, -0.2) is 21.1 Å². The molecule has 6 aromatic rings. The first-order valence-electron chi connectivity index (χ1n) is 11.7. The first-order chi connectivity index (χ1) is 17.2. The van der Waals surface area contributed by atoms with E-state index in [0.717, 1.165) is 33.4 Å². The zero-order valence-corrected chi connectivity index (χ0v) is 22.2. The molecule has 0 radical (unpaired) electrons. The Balaban J connectivity index is 0.00000267. The van der Waals surface area contributed by atoms with Gasteiger partial charge < -0.3 is 9.30 Å². The molecule has 3 heterocycles. The summed E-state index contributed by atoms with van der Waals surface area (Å²) in [5.41, 5.74) is 5.16. The Labute approximate surface area is 224 Å². The molecule has 0 spiro atoms. The Morgan fingerprint density at radius 1 is 0.722 bits per heavy atom. The molecule has 178 valence electrons. The maximum Gasteiger partial charge on any atom is 2.00 e. The van der Waals surface area contributed by atoms with Crippen LogP contribution in [0.5, 0.6) is 11.6 Å². The van der Waals surface area contributed by atoms with E-state index >= 15 is 0 Å². The number of hydrogen-bond donors (Lipinski definition) is 0. The molecule has 3 aromatic carbocycles. The molecular formula is C31H23N3OPt. The molecule has 0 aliphatic heterocycles. The van der Waals surface area contributed by atoms with Crippen LogP contribution < -0.4 is 4.74 Å². The van der Waals surface area contributed by atoms with E-state index in [1.807, 2.05) is 48.7 Å². The van der Waals surface area contributed by atoms with Gasteiger partial charge in [0, 0.05) is 29.7 Å². The molecular weight excluding hydrogens is 625 g/mol. The maximum absolute atomic E-state index is 5.92. The Hall–Kier alpha value is -3.75. The van der Waals surface area contributed by atoms with Crippen molar-refractivity contribution in [3.8, 4) is 28.6 Å². The monoisotopic (exact) mass is 648 g/mol. The maximum atomic E-state index is 5.92. The largest absolute Gasteiger partial charge is 2.00 e. The van der Waals surface area contributed by atoms with Gasteiger partial charge in [0.2, 0.25) is 5.88 Å². The average molecular weight is 649 g/mol. The number of rotatable bonds is 5. The third-order valence-corrected chi connectivity index (χ3v) is 6.15. The minimum absolute atomic E-state index is 0. The van der Waals surface area contributed by atoms with E-state index in [1.54, 1.807) is 6.20 Å². The Kier molecular flexibility index (Phi) is 6.71. The molecule has 3 aromatic heterocycles. The molecule has 0 N–H and O–H groups in total. The van der Waals surface area contributed by atoms with E-state index in [0.29, 0.717) is 17.5 Å². The first kappa shape index (κ1) is 24.0. The number of hydrogen-bond acceptors (Lipinski definition) is 3. The van der Waals surface area contributed by atoms with Crippen molar-refractivity contribution in [2.24, 2.45) is 0 Å². The Bertz CT molecular complexity index is 1660. The normalized spacial score (nSPS) is 11.1. The van der Waals surface area contributed by atoms with Gasteiger partial charge in [-0.15, -0.1) is 18.2 Å². The SMILES string of the molecule is CC(C)c1cccnc1-n1c2[c-]c(-c3[c-]c(Oc4ccccn4)ccc3)ccc2c2ccccc21.[Pt+2]. The second-order valence-electron chi connectivity index (χ2n) is 8.76. The van der Waals surface area contributed by atoms with Crippen molar-refractivity contribution in [3.63, 3.8) is 0 Å². The van der Waals surface area contributed by atoms with Crippen molar-refractivity contribution in [3.05, 3.63) is 115 Å². The molecule has 0 aliphatic carbocycles. The van der Waals surface area contributed by atoms with E-state index in [-0.39, 0.29) is 21.1 Å². The van der Waals surface area contributed by atoms with Gasteiger partial charge in [0.1, 0.15) is 5.82 Å². The zero-order valence-electron chi connectivity index (χ0n) is 19.9. The summed E-state index contributed by atoms with van der Waals surface area (Å²) < 4.78 is 8.15. The van der Waals surface area contributed by atoms with Crippen molar-refractivity contribution in [2.45, 2.75) is 19.8 Å². The van der Waals surface area contributed by atoms with Crippen LogP contribution in [0, 0.1) is 12.1 Å². The summed E-state index contributed by atoms with van der Waals surface area (Å²) in [6, 6.07) is 35.4. The van der Waals surface area contributed by atoms with Crippen LogP contribution >= 0.6 is 0 Å². The van der Waals surface area contributed by atoms with E-state index in [1.165, 1.54) is 10.9 Å². The minimum Gasteiger partial charge on any atom is -0.460 e. The van der Waals surface area contributed by atoms with Crippen molar-refractivity contribution >= 4 is 21.8 Å². The van der Waals surface area contributed by atoms with E-state index < -0.39 is 0 Å². The molecule has 0 unspecified atom stereocenters. The summed E-state index contributed by atoms with van der Waals surface area (Å²) in [5.74, 6) is 2.43. The van der Waals surface area contributed by atoms with E-state index in [2.05, 4.69) is 78.0 Å². The Morgan fingerprint density at radius 3 is 2.36 bits per heavy atom. The van der Waals surface area contributed by atoms with Crippen LogP contribution in [0.3, 0.4) is 0 Å². The van der Waals surface area contributed by atoms with Crippen molar-refractivity contribution < 1.29 is 25.8 Å². The molecule has 0 fully saturated rings. The van der Waals surface area contributed by atoms with Crippen LogP contribution in [0.25, 0.3) is 38.8 Å². The number of benzene rings is 3. The summed E-state index contributed by atoms with van der Waals surface area (Å²) in [5, 5.41) is 2.33. The van der Waals surface area contributed by atoms with Crippen molar-refractivity contribution in [2.75, 3.05) is 0 Å². The van der Waals surface area contributed by atoms with Crippen LogP contribution in [0.15, 0.2) is 97.3 Å². The average Bonchev–Trinajstić information content (AvgIpc) is 3.23. The van der Waals surface area contributed by atoms with Crippen LogP contribution in [-0.2, 0) is 21.1 Å². The van der Waals surface area contributed by atoms with Gasteiger partial charge in [0.05, 0.1) is 0 Å². The van der Waals surface area contributed by atoms with Crippen LogP contribution in [0.4, 0.5) is 0 Å². The molecule has 36 heavy (non-hydrogen) atoms. The van der Waals surface area contributed by atoms with Crippen molar-refractivity contribution in [1.29, 1.82) is 0 Å². The second kappa shape index (κ2) is 10.1. The zero-order chi connectivity index (χ0) is 23.8. The summed E-state index contributed by atoms with van der Waals surface area (Å²) in [6.07, 6.45) is 3.57. The van der Waals surface area contributed by atoms with E-state index in [9.17, 15) is 0 Å². The first-order valence-corrected chi connectivity index (χ1v) is 11.7. The number of aromatic nitrogens is 3. The quantitative estimate of drug-likeness (QED) is 0.180. The third kappa shape index (κ3) is 4.34. The van der Waals surface area contributed by atoms with Crippen molar-refractivity contribution in [1.82, 2.24) is 14.5 Å². The molecule has 0 atom stereocenters. The van der Waals surface area contributed by atoms with Gasteiger partial charge in [0.15, 0.2) is 0 Å². The van der Waals surface area contributed by atoms with Gasteiger partial charge in [-0.05, 0) is 40.6 Å². The fourth-order valence-corrected chi connectivity index (χ4v) is 4.50. The number of fused-ring (bicyclic) bond motifs is 3. The van der Waals surface area contributed by atoms with Gasteiger partial charge in [0.25, 0.3) is 0 Å². The Morgan fingerprint density at radius 2 is 1.53 bits per heavy atom. The van der Waals surface area contributed by atoms with Gasteiger partial charge in [-0.1, -0.05) is 49.6 Å². The molecule has 0 saturated carbocycles. The predicted molar refractivity (Wildman–Crippen MR) is 140 cm³/mol. The second-order valence-corrected chi connectivity index (χ2v) is 8.76. The number of nitrogens with zero attached hydrogens (tertiary/aromatic N) is 3. The molecule has 0 saturated heterocycles. The van der Waals surface area contributed by atoms with Crippen LogP contribution in [0.1, 0.15) is 25.3 Å². The standard InChI is InChI=1S/C31H23N3O.Pt/c1-21(2)25-12-8-18-33-31(25)34-28-13-4-3-11-26(28)27-16-15-23(20-29(27)34)22-9-7-10-24(19-22)35-30-14-5-6-17-32-30;/h3-18,21H,1-2H3;/q-2;+2. The number of para-hydroxylation sites is 1. The topological polar surface area (TPSA) is 39.9 Å². The molecule has 0 aliphatic rings. The molecule has 6 rings (SSSR count). The molecule has 0 bridgehead atoms. The fraction of sp³-hybridized carbons (Fsp3) is 0.0968. The summed E-state index contributed by atoms with van der Waals surface area (Å²) in [6.45, 7) is 4.40. The number of ether oxygens (including phenoxy) is 1. The summed E-state index contributed by atoms with van der Waals surface area (Å²) in [4.78, 5) is 9.06. The van der Waals surface area contributed by atoms with E-state index in [4.69, 9.17) is 9.72 Å². The van der Waals surface area contributed by atoms with Crippen LogP contribution in [0.2, 0.25) is 0 Å². The molecule has 4 nitrogen and oxygen atoms in total. The van der Waals surface area contributed by atoms with Gasteiger partial charge in [-0.2, -0.15) is 24.3 Å². The predicted octanol–water partition coefficient (Wildman–Crippen LogP) is 7.75. The van der Waals surface area contributed by atoms with Gasteiger partial charge >= 0.3 is 21.1 Å². The smallest absolute Gasteiger partial charge is 0.460 e. The third-order valence-electron chi connectivity index (χ3n) is 6.15.